The van der Waals surface area contributed by atoms with E-state index in [1.54, 1.807) is 0 Å². The van der Waals surface area contributed by atoms with Gasteiger partial charge < -0.3 is 20.9 Å². The van der Waals surface area contributed by atoms with Crippen LogP contribution < -0.4 is 16.0 Å². The normalized spacial score (nSPS) is 43.7. The lowest BCUT2D eigenvalue weighted by Crippen LogP contribution is -2.72. The van der Waals surface area contributed by atoms with Gasteiger partial charge in [0.25, 0.3) is 0 Å². The second-order valence-corrected chi connectivity index (χ2v) is 22.2. The number of nitrogens with zero attached hydrogens (tertiary/aromatic N) is 2. The first-order valence-corrected chi connectivity index (χ1v) is 22.2. The molecule has 0 radical (unpaired) electrons. The summed E-state index contributed by atoms with van der Waals surface area (Å²) < 4.78 is 23.8. The van der Waals surface area contributed by atoms with E-state index in [2.05, 4.69) is 94.4 Å². The van der Waals surface area contributed by atoms with E-state index in [0.29, 0.717) is 69.4 Å². The van der Waals surface area contributed by atoms with Gasteiger partial charge in [0, 0.05) is 43.1 Å². The molecule has 7 heteroatoms. The molecule has 0 amide bonds. The Morgan fingerprint density at radius 3 is 2.20 bits per heavy atom. The Labute approximate surface area is 305 Å². The Hall–Kier alpha value is -1.57. The van der Waals surface area contributed by atoms with Crippen LogP contribution >= 0.6 is 0 Å². The van der Waals surface area contributed by atoms with E-state index >= 15 is 0 Å². The lowest BCUT2D eigenvalue weighted by Gasteiger charge is -2.76. The molecule has 50 heavy (non-hydrogen) atoms. The summed E-state index contributed by atoms with van der Waals surface area (Å²) in [6.45, 7) is 28.8. The van der Waals surface area contributed by atoms with Crippen molar-refractivity contribution in [2.75, 3.05) is 61.4 Å². The lowest BCUT2D eigenvalue weighted by molar-refractivity contribution is -0.264. The van der Waals surface area contributed by atoms with Crippen LogP contribution in [0.5, 0.6) is 0 Å². The van der Waals surface area contributed by atoms with E-state index < -0.39 is 9.84 Å². The number of anilines is 2. The Bertz CT molecular complexity index is 1540. The number of piperidine rings is 1. The van der Waals surface area contributed by atoms with Crippen molar-refractivity contribution in [2.45, 2.75) is 118 Å². The van der Waals surface area contributed by atoms with Crippen molar-refractivity contribution < 1.29 is 8.42 Å². The van der Waals surface area contributed by atoms with E-state index in [1.807, 2.05) is 0 Å². The Morgan fingerprint density at radius 2 is 1.52 bits per heavy atom. The number of allylic oxidation sites excluding steroid dienone is 1. The van der Waals surface area contributed by atoms with Crippen LogP contribution in [0.25, 0.3) is 0 Å². The number of benzene rings is 1. The van der Waals surface area contributed by atoms with Gasteiger partial charge in [-0.3, -0.25) is 0 Å². The molecule has 4 aliphatic carbocycles. The van der Waals surface area contributed by atoms with Crippen LogP contribution in [0.15, 0.2) is 36.4 Å². The third-order valence-corrected chi connectivity index (χ3v) is 19.2. The van der Waals surface area contributed by atoms with Crippen LogP contribution in [-0.2, 0) is 9.84 Å². The number of nitrogens with two attached hydrogens (primary N) is 1. The SMILES string of the molecule is C=C(C)[C@@H]1CC[C@]2(CNCCCN3CCS(=O)(=O)CC3)CC[C@@]3(C)[C@]4(C)CC[C@H]5C(C)(C)N(c6ccc(N)cc6)CC[C@]5(C)[C@H]4CC[C@]3(C)[C@@H]12. The summed E-state index contributed by atoms with van der Waals surface area (Å²) in [5, 5.41) is 4.01. The van der Waals surface area contributed by atoms with Crippen molar-refractivity contribution in [3.8, 4) is 0 Å². The van der Waals surface area contributed by atoms with Gasteiger partial charge >= 0.3 is 0 Å². The minimum atomic E-state index is -2.82. The maximum Gasteiger partial charge on any atom is 0.152 e. The summed E-state index contributed by atoms with van der Waals surface area (Å²) in [6.07, 6.45) is 13.0. The van der Waals surface area contributed by atoms with Gasteiger partial charge in [0.15, 0.2) is 9.84 Å². The first kappa shape index (κ1) is 36.8. The molecule has 280 valence electrons. The van der Waals surface area contributed by atoms with Gasteiger partial charge in [-0.15, -0.1) is 0 Å². The molecule has 6 aliphatic rings. The molecular weight excluding hydrogens is 637 g/mol. The van der Waals surface area contributed by atoms with Crippen LogP contribution in [0.4, 0.5) is 11.4 Å². The maximum atomic E-state index is 11.9. The van der Waals surface area contributed by atoms with Crippen LogP contribution in [0.1, 0.15) is 113 Å². The topological polar surface area (TPSA) is 78.7 Å². The molecule has 6 nitrogen and oxygen atoms in total. The largest absolute Gasteiger partial charge is 0.399 e. The first-order chi connectivity index (χ1) is 23.4. The molecule has 2 aliphatic heterocycles. The molecule has 3 N–H and O–H groups in total. The smallest absolute Gasteiger partial charge is 0.152 e. The number of hydrogen-bond acceptors (Lipinski definition) is 6. The van der Waals surface area contributed by atoms with Gasteiger partial charge in [0.05, 0.1) is 11.5 Å². The average molecular weight is 707 g/mol. The van der Waals surface area contributed by atoms with Crippen molar-refractivity contribution in [1.29, 1.82) is 0 Å². The summed E-state index contributed by atoms with van der Waals surface area (Å²) in [5.41, 5.74) is 11.4. The highest BCUT2D eigenvalue weighted by atomic mass is 32.2. The van der Waals surface area contributed by atoms with E-state index in [4.69, 9.17) is 5.73 Å². The minimum absolute atomic E-state index is 0.0989. The number of rotatable bonds is 8. The first-order valence-electron chi connectivity index (χ1n) is 20.3. The molecule has 0 aromatic heterocycles. The molecule has 9 atom stereocenters. The van der Waals surface area contributed by atoms with E-state index in [9.17, 15) is 8.42 Å². The molecule has 2 saturated heterocycles. The zero-order valence-electron chi connectivity index (χ0n) is 32.8. The Kier molecular flexibility index (Phi) is 9.20. The van der Waals surface area contributed by atoms with Crippen molar-refractivity contribution in [3.05, 3.63) is 36.4 Å². The molecule has 7 rings (SSSR count). The van der Waals surface area contributed by atoms with Crippen LogP contribution in [0, 0.1) is 50.7 Å². The monoisotopic (exact) mass is 707 g/mol. The quantitative estimate of drug-likeness (QED) is 0.161. The molecule has 1 aromatic rings. The molecule has 2 heterocycles. The molecule has 1 aromatic carbocycles. The van der Waals surface area contributed by atoms with Crippen LogP contribution in [0.3, 0.4) is 0 Å². The third kappa shape index (κ3) is 5.46. The molecule has 0 unspecified atom stereocenters. The zero-order valence-corrected chi connectivity index (χ0v) is 33.6. The van der Waals surface area contributed by atoms with Crippen molar-refractivity contribution in [3.63, 3.8) is 0 Å². The highest BCUT2D eigenvalue weighted by Crippen LogP contribution is 2.80. The van der Waals surface area contributed by atoms with Gasteiger partial charge in [-0.05, 0) is 173 Å². The molecule has 0 bridgehead atoms. The lowest BCUT2D eigenvalue weighted by atomic mass is 9.29. The van der Waals surface area contributed by atoms with Gasteiger partial charge in [-0.2, -0.15) is 0 Å². The predicted octanol–water partition coefficient (Wildman–Crippen LogP) is 8.20. The summed E-state index contributed by atoms with van der Waals surface area (Å²) >= 11 is 0. The van der Waals surface area contributed by atoms with E-state index in [-0.39, 0.29) is 5.54 Å². The summed E-state index contributed by atoms with van der Waals surface area (Å²) in [4.78, 5) is 5.06. The average Bonchev–Trinajstić information content (AvgIpc) is 3.45. The van der Waals surface area contributed by atoms with Gasteiger partial charge in [-0.1, -0.05) is 39.8 Å². The van der Waals surface area contributed by atoms with E-state index in [1.165, 1.54) is 69.0 Å². The summed E-state index contributed by atoms with van der Waals surface area (Å²) in [7, 11) is -2.82. The summed E-state index contributed by atoms with van der Waals surface area (Å²) in [5.74, 6) is 3.36. The number of sulfone groups is 1. The number of hydrogen-bond donors (Lipinski definition) is 2. The maximum absolute atomic E-state index is 11.9. The minimum Gasteiger partial charge on any atom is -0.399 e. The van der Waals surface area contributed by atoms with Gasteiger partial charge in [-0.25, -0.2) is 8.42 Å². The van der Waals surface area contributed by atoms with Crippen molar-refractivity contribution in [2.24, 2.45) is 50.7 Å². The summed E-state index contributed by atoms with van der Waals surface area (Å²) in [6, 6.07) is 8.63. The predicted molar refractivity (Wildman–Crippen MR) is 210 cm³/mol. The fraction of sp³-hybridized carbons (Fsp3) is 0.814. The van der Waals surface area contributed by atoms with Gasteiger partial charge in [0.2, 0.25) is 0 Å². The highest BCUT2D eigenvalue weighted by molar-refractivity contribution is 7.91. The number of nitrogens with one attached hydrogen (secondary N) is 1. The second-order valence-electron chi connectivity index (χ2n) is 19.9. The van der Waals surface area contributed by atoms with Crippen LogP contribution in [0.2, 0.25) is 0 Å². The molecular formula is C43H70N4O2S. The Morgan fingerprint density at radius 1 is 0.860 bits per heavy atom. The van der Waals surface area contributed by atoms with Gasteiger partial charge in [0.1, 0.15) is 0 Å². The third-order valence-electron chi connectivity index (χ3n) is 17.6. The fourth-order valence-corrected chi connectivity index (χ4v) is 16.0. The molecule has 4 saturated carbocycles. The number of fused-ring (bicyclic) bond motifs is 7. The van der Waals surface area contributed by atoms with E-state index in [0.717, 1.165) is 44.2 Å². The number of nitrogen functional groups attached to an aromatic ring is 1. The second kappa shape index (κ2) is 12.5. The van der Waals surface area contributed by atoms with Crippen LogP contribution in [-0.4, -0.2) is 69.6 Å². The van der Waals surface area contributed by atoms with Crippen molar-refractivity contribution in [1.82, 2.24) is 10.2 Å². The Balaban J connectivity index is 1.11. The zero-order chi connectivity index (χ0) is 36.0. The highest BCUT2D eigenvalue weighted by Gasteiger charge is 2.74. The van der Waals surface area contributed by atoms with Crippen molar-refractivity contribution >= 4 is 21.2 Å². The molecule has 6 fully saturated rings. The molecule has 0 spiro atoms. The fourth-order valence-electron chi connectivity index (χ4n) is 14.8. The standard InChI is InChI=1S/C43H70N4O2S/c1-31(2)34-14-19-43(30-45-23-9-24-46-26-28-50(48,49)29-27-46)21-20-42(8)40(6)17-15-35-38(3,4)47(33-12-10-32(44)11-13-33)25-22-39(35,5)36(40)16-18-41(42,7)37(34)43/h10-13,34-37,45H,1,9,14-30,44H2,2-8H3/t34-,35-,36+,37+,39-,40+,41+,42-,43+/m0/s1.